The highest BCUT2D eigenvalue weighted by Gasteiger charge is 2.35. The zero-order chi connectivity index (χ0) is 15.8. The van der Waals surface area contributed by atoms with Gasteiger partial charge in [0.1, 0.15) is 0 Å². The number of hydrogen-bond acceptors (Lipinski definition) is 3. The number of nitrogens with zero attached hydrogens (tertiary/aromatic N) is 2. The van der Waals surface area contributed by atoms with Crippen LogP contribution in [0.3, 0.4) is 0 Å². The monoisotopic (exact) mass is 301 g/mol. The Hall–Kier alpha value is -1.27. The Kier molecular flexibility index (Phi) is 4.49. The molecule has 3 nitrogen and oxygen atoms in total. The van der Waals surface area contributed by atoms with Crippen LogP contribution in [-0.4, -0.2) is 42.0 Å². The van der Waals surface area contributed by atoms with Gasteiger partial charge in [0.2, 0.25) is 0 Å². The molecular formula is C15H22F3N3. The lowest BCUT2D eigenvalue weighted by atomic mass is 10.0. The van der Waals surface area contributed by atoms with Crippen LogP contribution in [0.25, 0.3) is 0 Å². The van der Waals surface area contributed by atoms with Crippen LogP contribution in [0.4, 0.5) is 18.9 Å². The molecule has 2 N–H and O–H groups in total. The summed E-state index contributed by atoms with van der Waals surface area (Å²) < 4.78 is 39.4. The summed E-state index contributed by atoms with van der Waals surface area (Å²) >= 11 is 0. The number of nitrogens with two attached hydrogens (primary N) is 1. The SMILES string of the molecule is C[C@@H]1CN(Cc2c(N)cccc2C(F)(F)F)[C@@H](C)CN1C. The van der Waals surface area contributed by atoms with Gasteiger partial charge in [0, 0.05) is 43.0 Å². The second-order valence-electron chi connectivity index (χ2n) is 5.94. The van der Waals surface area contributed by atoms with Gasteiger partial charge in [-0.1, -0.05) is 6.07 Å². The topological polar surface area (TPSA) is 32.5 Å². The fourth-order valence-electron chi connectivity index (χ4n) is 2.84. The molecule has 0 aliphatic carbocycles. The minimum Gasteiger partial charge on any atom is -0.398 e. The number of anilines is 1. The zero-order valence-corrected chi connectivity index (χ0v) is 12.6. The molecule has 1 fully saturated rings. The van der Waals surface area contributed by atoms with E-state index in [2.05, 4.69) is 16.7 Å². The van der Waals surface area contributed by atoms with Gasteiger partial charge in [-0.3, -0.25) is 4.90 Å². The number of hydrogen-bond donors (Lipinski definition) is 1. The summed E-state index contributed by atoms with van der Waals surface area (Å²) in [7, 11) is 2.04. The third-order valence-corrected chi connectivity index (χ3v) is 4.31. The Balaban J connectivity index is 2.27. The van der Waals surface area contributed by atoms with Crippen molar-refractivity contribution >= 4 is 5.69 Å². The van der Waals surface area contributed by atoms with E-state index in [1.807, 2.05) is 14.0 Å². The van der Waals surface area contributed by atoms with Crippen LogP contribution >= 0.6 is 0 Å². The average molecular weight is 301 g/mol. The first kappa shape index (κ1) is 16.1. The summed E-state index contributed by atoms with van der Waals surface area (Å²) in [6, 6.07) is 4.52. The number of alkyl halides is 3. The molecule has 0 unspecified atom stereocenters. The zero-order valence-electron chi connectivity index (χ0n) is 12.6. The molecule has 0 spiro atoms. The minimum atomic E-state index is -4.37. The molecule has 118 valence electrons. The van der Waals surface area contributed by atoms with Crippen molar-refractivity contribution in [1.29, 1.82) is 0 Å². The molecule has 1 saturated heterocycles. The molecule has 21 heavy (non-hydrogen) atoms. The largest absolute Gasteiger partial charge is 0.416 e. The predicted octanol–water partition coefficient (Wildman–Crippen LogP) is 2.81. The average Bonchev–Trinajstić information content (AvgIpc) is 2.36. The Labute approximate surface area is 123 Å². The first-order chi connectivity index (χ1) is 9.70. The first-order valence-corrected chi connectivity index (χ1v) is 7.09. The van der Waals surface area contributed by atoms with Crippen LogP contribution in [-0.2, 0) is 12.7 Å². The number of likely N-dealkylation sites (N-methyl/N-ethyl adjacent to an activating group) is 1. The van der Waals surface area contributed by atoms with Gasteiger partial charge in [-0.2, -0.15) is 13.2 Å². The molecule has 1 aliphatic rings. The number of piperazine rings is 1. The van der Waals surface area contributed by atoms with Gasteiger partial charge >= 0.3 is 6.18 Å². The number of halogens is 3. The van der Waals surface area contributed by atoms with Gasteiger partial charge in [-0.05, 0) is 33.0 Å². The van der Waals surface area contributed by atoms with Crippen LogP contribution < -0.4 is 5.73 Å². The van der Waals surface area contributed by atoms with Crippen molar-refractivity contribution in [1.82, 2.24) is 9.80 Å². The van der Waals surface area contributed by atoms with E-state index in [4.69, 9.17) is 5.73 Å². The highest BCUT2D eigenvalue weighted by molar-refractivity contribution is 5.52. The molecule has 0 bridgehead atoms. The highest BCUT2D eigenvalue weighted by Crippen LogP contribution is 2.35. The van der Waals surface area contributed by atoms with Gasteiger partial charge < -0.3 is 10.6 Å². The van der Waals surface area contributed by atoms with Crippen molar-refractivity contribution in [2.45, 2.75) is 38.7 Å². The molecule has 0 amide bonds. The van der Waals surface area contributed by atoms with Gasteiger partial charge in [0.05, 0.1) is 5.56 Å². The molecule has 0 radical (unpaired) electrons. The normalized spacial score (nSPS) is 25.2. The summed E-state index contributed by atoms with van der Waals surface area (Å²) in [6.07, 6.45) is -4.37. The van der Waals surface area contributed by atoms with Crippen LogP contribution in [0.5, 0.6) is 0 Å². The van der Waals surface area contributed by atoms with E-state index in [0.29, 0.717) is 6.04 Å². The van der Waals surface area contributed by atoms with E-state index in [1.54, 1.807) is 0 Å². The van der Waals surface area contributed by atoms with Gasteiger partial charge in [0.15, 0.2) is 0 Å². The van der Waals surface area contributed by atoms with Crippen LogP contribution in [0, 0.1) is 0 Å². The van der Waals surface area contributed by atoms with Crippen molar-refractivity contribution in [2.75, 3.05) is 25.9 Å². The van der Waals surface area contributed by atoms with Crippen LogP contribution in [0.15, 0.2) is 18.2 Å². The van der Waals surface area contributed by atoms with Gasteiger partial charge in [-0.25, -0.2) is 0 Å². The molecule has 1 aliphatic heterocycles. The minimum absolute atomic E-state index is 0.189. The lowest BCUT2D eigenvalue weighted by Crippen LogP contribution is -2.54. The third-order valence-electron chi connectivity index (χ3n) is 4.31. The lowest BCUT2D eigenvalue weighted by molar-refractivity contribution is -0.138. The summed E-state index contributed by atoms with van der Waals surface area (Å²) in [6.45, 7) is 5.94. The fourth-order valence-corrected chi connectivity index (χ4v) is 2.84. The molecule has 0 saturated carbocycles. The number of rotatable bonds is 2. The molecular weight excluding hydrogens is 279 g/mol. The summed E-state index contributed by atoms with van der Waals surface area (Å²) in [5, 5.41) is 0. The third kappa shape index (κ3) is 3.49. The number of nitrogen functional groups attached to an aromatic ring is 1. The second kappa shape index (κ2) is 5.85. The van der Waals surface area contributed by atoms with Crippen LogP contribution in [0.1, 0.15) is 25.0 Å². The van der Waals surface area contributed by atoms with E-state index >= 15 is 0 Å². The summed E-state index contributed by atoms with van der Waals surface area (Å²) in [4.78, 5) is 4.30. The van der Waals surface area contributed by atoms with Crippen LogP contribution in [0.2, 0.25) is 0 Å². The first-order valence-electron chi connectivity index (χ1n) is 7.09. The maximum atomic E-state index is 13.1. The molecule has 1 aromatic rings. The van der Waals surface area contributed by atoms with Crippen molar-refractivity contribution in [2.24, 2.45) is 0 Å². The van der Waals surface area contributed by atoms with Crippen molar-refractivity contribution in [3.63, 3.8) is 0 Å². The lowest BCUT2D eigenvalue weighted by Gasteiger charge is -2.42. The van der Waals surface area contributed by atoms with Gasteiger partial charge in [0.25, 0.3) is 0 Å². The van der Waals surface area contributed by atoms with Crippen molar-refractivity contribution in [3.05, 3.63) is 29.3 Å². The molecule has 2 rings (SSSR count). The Bertz CT molecular complexity index is 501. The van der Waals surface area contributed by atoms with E-state index in [9.17, 15) is 13.2 Å². The molecule has 2 atom stereocenters. The van der Waals surface area contributed by atoms with E-state index in [-0.39, 0.29) is 23.8 Å². The Morgan fingerprint density at radius 1 is 1.19 bits per heavy atom. The molecule has 0 aromatic heterocycles. The summed E-state index contributed by atoms with van der Waals surface area (Å²) in [5.74, 6) is 0. The fraction of sp³-hybridized carbons (Fsp3) is 0.600. The van der Waals surface area contributed by atoms with E-state index in [1.165, 1.54) is 12.1 Å². The van der Waals surface area contributed by atoms with Crippen molar-refractivity contribution in [3.8, 4) is 0 Å². The van der Waals surface area contributed by atoms with E-state index in [0.717, 1.165) is 19.2 Å². The molecule has 1 aromatic carbocycles. The Morgan fingerprint density at radius 2 is 1.86 bits per heavy atom. The molecule has 6 heteroatoms. The maximum Gasteiger partial charge on any atom is 0.416 e. The summed E-state index contributed by atoms with van der Waals surface area (Å²) in [5.41, 5.74) is 5.58. The van der Waals surface area contributed by atoms with Gasteiger partial charge in [-0.15, -0.1) is 0 Å². The number of benzene rings is 1. The second-order valence-corrected chi connectivity index (χ2v) is 5.94. The molecule has 1 heterocycles. The van der Waals surface area contributed by atoms with Crippen molar-refractivity contribution < 1.29 is 13.2 Å². The van der Waals surface area contributed by atoms with E-state index < -0.39 is 11.7 Å². The highest BCUT2D eigenvalue weighted by atomic mass is 19.4. The maximum absolute atomic E-state index is 13.1. The Morgan fingerprint density at radius 3 is 2.48 bits per heavy atom. The smallest absolute Gasteiger partial charge is 0.398 e. The standard InChI is InChI=1S/C15H22F3N3/c1-10-8-21(11(2)7-20(10)3)9-12-13(15(16,17)18)5-4-6-14(12)19/h4-6,10-11H,7-9,19H2,1-3H3/t10-,11+/m1/s1. The quantitative estimate of drug-likeness (QED) is 0.853. The predicted molar refractivity (Wildman–Crippen MR) is 77.8 cm³/mol.